The molecule has 0 saturated heterocycles. The van der Waals surface area contributed by atoms with Crippen LogP contribution in [0.3, 0.4) is 0 Å². The third-order valence-electron chi connectivity index (χ3n) is 8.32. The first-order valence-electron chi connectivity index (χ1n) is 18.0. The number of hydrogen-bond acceptors (Lipinski definition) is 4. The average Bonchev–Trinajstić information content (AvgIpc) is 2.96. The highest BCUT2D eigenvalue weighted by molar-refractivity contribution is 5.76. The highest BCUT2D eigenvalue weighted by Gasteiger charge is 2.20. The Morgan fingerprint density at radius 2 is 1.00 bits per heavy atom. The SMILES string of the molecule is CCCCCCCCCCCCC/C=C/[C@@H](O)[C@H](CO)NC(=O)C[C@H](O)CCCCCCCCCCCCCCC. The van der Waals surface area contributed by atoms with Gasteiger partial charge in [-0.1, -0.05) is 174 Å². The molecule has 0 aromatic rings. The van der Waals surface area contributed by atoms with Crippen molar-refractivity contribution in [3.63, 3.8) is 0 Å². The summed E-state index contributed by atoms with van der Waals surface area (Å²) < 4.78 is 0. The van der Waals surface area contributed by atoms with Gasteiger partial charge in [-0.05, 0) is 19.3 Å². The molecule has 0 saturated carbocycles. The van der Waals surface area contributed by atoms with Crippen LogP contribution in [-0.2, 0) is 4.79 Å². The topological polar surface area (TPSA) is 89.8 Å². The van der Waals surface area contributed by atoms with E-state index in [0.717, 1.165) is 25.7 Å². The number of rotatable bonds is 32. The van der Waals surface area contributed by atoms with Crippen molar-refractivity contribution in [2.45, 2.75) is 205 Å². The molecular weight excluding hydrogens is 510 g/mol. The van der Waals surface area contributed by atoms with Crippen molar-refractivity contribution in [3.8, 4) is 0 Å². The fraction of sp³-hybridized carbons (Fsp3) is 0.917. The molecule has 0 aliphatic rings. The van der Waals surface area contributed by atoms with E-state index >= 15 is 0 Å². The van der Waals surface area contributed by atoms with E-state index in [1.165, 1.54) is 135 Å². The second-order valence-corrected chi connectivity index (χ2v) is 12.5. The monoisotopic (exact) mass is 582 g/mol. The number of amides is 1. The normalized spacial score (nSPS) is 14.0. The van der Waals surface area contributed by atoms with Crippen LogP contribution in [0.15, 0.2) is 12.2 Å². The van der Waals surface area contributed by atoms with Gasteiger partial charge in [0.1, 0.15) is 0 Å². The Labute approximate surface area is 255 Å². The maximum absolute atomic E-state index is 12.3. The standard InChI is InChI=1S/C36H71NO4/c1-3-5-7-9-11-13-15-17-19-21-23-25-27-29-33(39)31-36(41)37-34(32-38)35(40)30-28-26-24-22-20-18-16-14-12-10-8-6-4-2/h28,30,33-35,38-40H,3-27,29,31-32H2,1-2H3,(H,37,41)/b30-28+/t33-,34+,35-/m1/s1. The van der Waals surface area contributed by atoms with E-state index in [1.54, 1.807) is 6.08 Å². The van der Waals surface area contributed by atoms with Crippen LogP contribution in [-0.4, -0.2) is 46.1 Å². The molecule has 244 valence electrons. The van der Waals surface area contributed by atoms with Crippen LogP contribution in [0.1, 0.15) is 187 Å². The first-order valence-corrected chi connectivity index (χ1v) is 18.0. The summed E-state index contributed by atoms with van der Waals surface area (Å²) in [4.78, 5) is 12.3. The fourth-order valence-corrected chi connectivity index (χ4v) is 5.51. The molecule has 5 nitrogen and oxygen atoms in total. The van der Waals surface area contributed by atoms with E-state index in [2.05, 4.69) is 19.2 Å². The highest BCUT2D eigenvalue weighted by Crippen LogP contribution is 2.15. The summed E-state index contributed by atoms with van der Waals surface area (Å²) in [5, 5.41) is 33.0. The number of allylic oxidation sites excluding steroid dienone is 1. The molecule has 0 fully saturated rings. The van der Waals surface area contributed by atoms with Gasteiger partial charge in [0.2, 0.25) is 5.91 Å². The molecule has 0 rings (SSSR count). The maximum atomic E-state index is 12.3. The van der Waals surface area contributed by atoms with Crippen LogP contribution in [0.25, 0.3) is 0 Å². The zero-order chi connectivity index (χ0) is 30.2. The fourth-order valence-electron chi connectivity index (χ4n) is 5.51. The van der Waals surface area contributed by atoms with Gasteiger partial charge in [0.25, 0.3) is 0 Å². The molecular formula is C36H71NO4. The van der Waals surface area contributed by atoms with Crippen LogP contribution in [0.2, 0.25) is 0 Å². The molecule has 0 aromatic carbocycles. The third kappa shape index (κ3) is 29.0. The van der Waals surface area contributed by atoms with Gasteiger partial charge in [0.15, 0.2) is 0 Å². The summed E-state index contributed by atoms with van der Waals surface area (Å²) in [6, 6.07) is -0.736. The lowest BCUT2D eigenvalue weighted by Gasteiger charge is -2.21. The molecule has 41 heavy (non-hydrogen) atoms. The van der Waals surface area contributed by atoms with Crippen LogP contribution < -0.4 is 5.32 Å². The first kappa shape index (κ1) is 40.1. The predicted octanol–water partition coefficient (Wildman–Crippen LogP) is 9.31. The quantitative estimate of drug-likeness (QED) is 0.0471. The van der Waals surface area contributed by atoms with Crippen molar-refractivity contribution >= 4 is 5.91 Å². The van der Waals surface area contributed by atoms with E-state index in [-0.39, 0.29) is 18.9 Å². The lowest BCUT2D eigenvalue weighted by atomic mass is 10.0. The van der Waals surface area contributed by atoms with E-state index < -0.39 is 18.2 Å². The molecule has 0 aliphatic carbocycles. The average molecular weight is 582 g/mol. The van der Waals surface area contributed by atoms with E-state index in [9.17, 15) is 20.1 Å². The second-order valence-electron chi connectivity index (χ2n) is 12.5. The number of hydrogen-bond donors (Lipinski definition) is 4. The Kier molecular flexibility index (Phi) is 31.3. The summed E-state index contributed by atoms with van der Waals surface area (Å²) in [7, 11) is 0. The summed E-state index contributed by atoms with van der Waals surface area (Å²) in [5.41, 5.74) is 0. The Morgan fingerprint density at radius 3 is 1.41 bits per heavy atom. The number of nitrogens with one attached hydrogen (secondary N) is 1. The number of aliphatic hydroxyl groups is 3. The molecule has 0 bridgehead atoms. The molecule has 0 radical (unpaired) electrons. The van der Waals surface area contributed by atoms with Gasteiger partial charge in [-0.15, -0.1) is 0 Å². The van der Waals surface area contributed by atoms with Crippen LogP contribution in [0, 0.1) is 0 Å². The third-order valence-corrected chi connectivity index (χ3v) is 8.32. The van der Waals surface area contributed by atoms with Gasteiger partial charge >= 0.3 is 0 Å². The van der Waals surface area contributed by atoms with Crippen molar-refractivity contribution in [2.75, 3.05) is 6.61 Å². The summed E-state index contributed by atoms with van der Waals surface area (Å²) in [5.74, 6) is -0.316. The molecule has 4 N–H and O–H groups in total. The highest BCUT2D eigenvalue weighted by atomic mass is 16.3. The van der Waals surface area contributed by atoms with E-state index in [0.29, 0.717) is 6.42 Å². The van der Waals surface area contributed by atoms with Gasteiger partial charge in [-0.25, -0.2) is 0 Å². The number of carbonyl (C=O) groups is 1. The van der Waals surface area contributed by atoms with Crippen molar-refractivity contribution < 1.29 is 20.1 Å². The van der Waals surface area contributed by atoms with Crippen LogP contribution in [0.4, 0.5) is 0 Å². The van der Waals surface area contributed by atoms with Gasteiger partial charge in [0, 0.05) is 0 Å². The molecule has 3 atom stereocenters. The lowest BCUT2D eigenvalue weighted by Crippen LogP contribution is -2.45. The van der Waals surface area contributed by atoms with Crippen molar-refractivity contribution in [1.29, 1.82) is 0 Å². The van der Waals surface area contributed by atoms with E-state index in [4.69, 9.17) is 0 Å². The van der Waals surface area contributed by atoms with Crippen molar-refractivity contribution in [3.05, 3.63) is 12.2 Å². The van der Waals surface area contributed by atoms with Crippen molar-refractivity contribution in [1.82, 2.24) is 5.32 Å². The smallest absolute Gasteiger partial charge is 0.222 e. The minimum Gasteiger partial charge on any atom is -0.394 e. The van der Waals surface area contributed by atoms with Crippen LogP contribution in [0.5, 0.6) is 0 Å². The molecule has 1 amide bonds. The maximum Gasteiger partial charge on any atom is 0.222 e. The molecule has 0 aliphatic heterocycles. The Bertz CT molecular complexity index is 568. The molecule has 0 spiro atoms. The Balaban J connectivity index is 3.74. The zero-order valence-electron chi connectivity index (χ0n) is 27.4. The summed E-state index contributed by atoms with van der Waals surface area (Å²) in [6.07, 6.45) is 34.7. The Morgan fingerprint density at radius 1 is 0.610 bits per heavy atom. The molecule has 0 aromatic heterocycles. The minimum absolute atomic E-state index is 0.0178. The summed E-state index contributed by atoms with van der Waals surface area (Å²) in [6.45, 7) is 4.19. The van der Waals surface area contributed by atoms with Gasteiger partial charge in [0.05, 0.1) is 31.3 Å². The van der Waals surface area contributed by atoms with Gasteiger partial charge in [-0.2, -0.15) is 0 Å². The largest absolute Gasteiger partial charge is 0.394 e. The second kappa shape index (κ2) is 32.0. The van der Waals surface area contributed by atoms with Crippen LogP contribution >= 0.6 is 0 Å². The molecule has 5 heteroatoms. The van der Waals surface area contributed by atoms with E-state index in [1.807, 2.05) is 6.08 Å². The number of aliphatic hydroxyl groups excluding tert-OH is 3. The minimum atomic E-state index is -0.921. The lowest BCUT2D eigenvalue weighted by molar-refractivity contribution is -0.124. The van der Waals surface area contributed by atoms with Gasteiger partial charge < -0.3 is 20.6 Å². The molecule has 0 heterocycles. The van der Waals surface area contributed by atoms with Gasteiger partial charge in [-0.3, -0.25) is 4.79 Å². The Hall–Kier alpha value is -0.910. The summed E-state index contributed by atoms with van der Waals surface area (Å²) >= 11 is 0. The first-order chi connectivity index (χ1) is 20.0. The predicted molar refractivity (Wildman–Crippen MR) is 176 cm³/mol. The molecule has 0 unspecified atom stereocenters. The van der Waals surface area contributed by atoms with Crippen molar-refractivity contribution in [2.24, 2.45) is 0 Å². The number of unbranched alkanes of at least 4 members (excludes halogenated alkanes) is 23. The number of carbonyl (C=O) groups excluding carboxylic acids is 1. The zero-order valence-corrected chi connectivity index (χ0v) is 27.4.